The van der Waals surface area contributed by atoms with Gasteiger partial charge in [0.1, 0.15) is 11.5 Å². The maximum absolute atomic E-state index is 15.3. The van der Waals surface area contributed by atoms with Gasteiger partial charge in [-0.2, -0.15) is 0 Å². The number of aromatic hydroxyl groups is 1. The first-order valence-electron chi connectivity index (χ1n) is 19.6. The Bertz CT molecular complexity index is 2640. The minimum Gasteiger partial charge on any atom is -0.508 e. The fourth-order valence-electron chi connectivity index (χ4n) is 10.5. The number of ketones is 3. The predicted molar refractivity (Wildman–Crippen MR) is 217 cm³/mol. The highest BCUT2D eigenvalue weighted by Gasteiger charge is 2.66. The topological polar surface area (TPSA) is 118 Å². The molecule has 2 aliphatic heterocycles. The Kier molecular flexibility index (Phi) is 8.33. The van der Waals surface area contributed by atoms with Gasteiger partial charge in [0.05, 0.1) is 29.2 Å². The zero-order chi connectivity index (χ0) is 39.7. The molecule has 1 saturated heterocycles. The van der Waals surface area contributed by atoms with Crippen molar-refractivity contribution in [2.45, 2.75) is 24.7 Å². The van der Waals surface area contributed by atoms with Crippen molar-refractivity contribution in [1.29, 1.82) is 0 Å². The lowest BCUT2D eigenvalue weighted by Crippen LogP contribution is -2.60. The molecule has 8 nitrogen and oxygen atoms in total. The molecule has 0 aromatic heterocycles. The molecule has 5 aliphatic rings. The van der Waals surface area contributed by atoms with Gasteiger partial charge >= 0.3 is 0 Å². The van der Waals surface area contributed by atoms with Gasteiger partial charge in [0, 0.05) is 40.5 Å². The van der Waals surface area contributed by atoms with E-state index in [4.69, 9.17) is 4.74 Å². The molecule has 284 valence electrons. The first-order valence-corrected chi connectivity index (χ1v) is 19.6. The van der Waals surface area contributed by atoms with Crippen molar-refractivity contribution < 1.29 is 33.8 Å². The average molecular weight is 764 g/mol. The lowest BCUT2D eigenvalue weighted by molar-refractivity contribution is -0.136. The van der Waals surface area contributed by atoms with Gasteiger partial charge in [-0.05, 0) is 84.0 Å². The third-order valence-electron chi connectivity index (χ3n) is 12.9. The number of benzene rings is 5. The Morgan fingerprint density at radius 2 is 1.41 bits per heavy atom. The van der Waals surface area contributed by atoms with E-state index in [2.05, 4.69) is 0 Å². The molecular formula is C50H37NO7. The quantitative estimate of drug-likeness (QED) is 0.106. The highest BCUT2D eigenvalue weighted by Crippen LogP contribution is 2.63. The first kappa shape index (κ1) is 35.5. The highest BCUT2D eigenvalue weighted by molar-refractivity contribution is 6.32. The van der Waals surface area contributed by atoms with Crippen molar-refractivity contribution in [3.63, 3.8) is 0 Å². The number of hydrogen-bond acceptors (Lipinski definition) is 7. The van der Waals surface area contributed by atoms with Gasteiger partial charge in [-0.25, -0.2) is 0 Å². The van der Waals surface area contributed by atoms with Crippen LogP contribution < -0.4 is 9.64 Å². The average Bonchev–Trinajstić information content (AvgIpc) is 3.53. The van der Waals surface area contributed by atoms with E-state index < -0.39 is 35.0 Å². The lowest BCUT2D eigenvalue weighted by atomic mass is 9.44. The van der Waals surface area contributed by atoms with Crippen molar-refractivity contribution >= 4 is 40.4 Å². The highest BCUT2D eigenvalue weighted by atomic mass is 16.5. The fourth-order valence-corrected chi connectivity index (χ4v) is 10.5. The van der Waals surface area contributed by atoms with E-state index in [1.54, 1.807) is 73.0 Å². The molecule has 1 N–H and O–H groups in total. The SMILES string of the molecule is O=C(c1ccccc1)c1ccc(N2C(=O)C3CC=C4C(CC5C(=O)C(c6ccccc6)=CC(=O)C5(c5ccccc5)C4C4=COc5ccc(O)cc5C4)C3C2=O)cc1. The lowest BCUT2D eigenvalue weighted by Gasteiger charge is -2.56. The van der Waals surface area contributed by atoms with Crippen LogP contribution in [0.3, 0.4) is 0 Å². The second kappa shape index (κ2) is 13.6. The second-order valence-electron chi connectivity index (χ2n) is 15.8. The summed E-state index contributed by atoms with van der Waals surface area (Å²) in [5, 5.41) is 10.5. The molecule has 2 heterocycles. The molecule has 58 heavy (non-hydrogen) atoms. The van der Waals surface area contributed by atoms with E-state index >= 15 is 9.59 Å². The first-order chi connectivity index (χ1) is 28.3. The number of imide groups is 1. The number of allylic oxidation sites excluding steroid dienone is 5. The maximum atomic E-state index is 15.3. The largest absolute Gasteiger partial charge is 0.508 e. The van der Waals surface area contributed by atoms with E-state index in [0.717, 1.165) is 16.7 Å². The van der Waals surface area contributed by atoms with E-state index in [0.29, 0.717) is 45.7 Å². The Morgan fingerprint density at radius 3 is 2.14 bits per heavy atom. The monoisotopic (exact) mass is 763 g/mol. The number of anilines is 1. The van der Waals surface area contributed by atoms with Crippen molar-refractivity contribution in [1.82, 2.24) is 0 Å². The fraction of sp³-hybridized carbons (Fsp3) is 0.180. The van der Waals surface area contributed by atoms with Crippen molar-refractivity contribution in [2.24, 2.45) is 29.6 Å². The molecular weight excluding hydrogens is 727 g/mol. The molecule has 2 amide bonds. The molecule has 3 aliphatic carbocycles. The summed E-state index contributed by atoms with van der Waals surface area (Å²) < 4.78 is 6.23. The summed E-state index contributed by atoms with van der Waals surface area (Å²) in [6.45, 7) is 0. The van der Waals surface area contributed by atoms with Crippen LogP contribution in [-0.2, 0) is 31.0 Å². The van der Waals surface area contributed by atoms with Crippen molar-refractivity contribution in [3.05, 3.63) is 191 Å². The van der Waals surface area contributed by atoms with Crippen molar-refractivity contribution in [2.75, 3.05) is 4.90 Å². The summed E-state index contributed by atoms with van der Waals surface area (Å²) in [5.74, 6) is -4.22. The van der Waals surface area contributed by atoms with Crippen LogP contribution in [0.15, 0.2) is 163 Å². The molecule has 2 fully saturated rings. The zero-order valence-corrected chi connectivity index (χ0v) is 31.3. The van der Waals surface area contributed by atoms with Crippen LogP contribution in [0.4, 0.5) is 5.69 Å². The van der Waals surface area contributed by atoms with Gasteiger partial charge in [0.2, 0.25) is 11.8 Å². The summed E-state index contributed by atoms with van der Waals surface area (Å²) in [6, 6.07) is 39.0. The Balaban J connectivity index is 1.10. The molecule has 0 radical (unpaired) electrons. The van der Waals surface area contributed by atoms with Crippen LogP contribution in [0.2, 0.25) is 0 Å². The number of phenols is 1. The third kappa shape index (κ3) is 5.31. The van der Waals surface area contributed by atoms with Crippen LogP contribution in [0, 0.1) is 29.6 Å². The van der Waals surface area contributed by atoms with Crippen LogP contribution in [0.1, 0.15) is 45.5 Å². The summed E-state index contributed by atoms with van der Waals surface area (Å²) in [6.07, 6.45) is 5.98. The molecule has 0 spiro atoms. The van der Waals surface area contributed by atoms with Crippen LogP contribution in [0.25, 0.3) is 5.57 Å². The number of amides is 2. The van der Waals surface area contributed by atoms with Crippen LogP contribution >= 0.6 is 0 Å². The standard InChI is InChI=1S/C50H37NO7/c52-36-20-23-42-32(25-36)24-33(28-58-42)45-37-21-22-38-44(49(57)51(48(38)56)35-18-16-31(17-19-35)46(54)30-12-6-2-7-13-30)40(37)26-41-47(55)39(29-10-4-1-5-11-29)27-43(53)50(41,45)34-14-8-3-9-15-34/h1-21,23,25,27-28,38,40-41,44-45,52H,22,24,26H2. The van der Waals surface area contributed by atoms with E-state index in [-0.39, 0.29) is 47.8 Å². The predicted octanol–water partition coefficient (Wildman–Crippen LogP) is 8.00. The van der Waals surface area contributed by atoms with E-state index in [9.17, 15) is 19.5 Å². The third-order valence-corrected chi connectivity index (χ3v) is 12.9. The summed E-state index contributed by atoms with van der Waals surface area (Å²) in [4.78, 5) is 74.2. The Hall–Kier alpha value is -6.93. The number of fused-ring (bicyclic) bond motifs is 5. The molecule has 0 bridgehead atoms. The molecule has 5 aromatic rings. The molecule has 1 saturated carbocycles. The van der Waals surface area contributed by atoms with Gasteiger partial charge in [0.25, 0.3) is 0 Å². The van der Waals surface area contributed by atoms with Crippen LogP contribution in [0.5, 0.6) is 11.5 Å². The van der Waals surface area contributed by atoms with Gasteiger partial charge in [0.15, 0.2) is 17.3 Å². The van der Waals surface area contributed by atoms with E-state index in [1.807, 2.05) is 72.8 Å². The van der Waals surface area contributed by atoms with Gasteiger partial charge in [-0.3, -0.25) is 28.9 Å². The minimum absolute atomic E-state index is 0.0764. The van der Waals surface area contributed by atoms with Crippen molar-refractivity contribution in [3.8, 4) is 11.5 Å². The summed E-state index contributed by atoms with van der Waals surface area (Å²) >= 11 is 0. The second-order valence-corrected chi connectivity index (χ2v) is 15.8. The summed E-state index contributed by atoms with van der Waals surface area (Å²) in [7, 11) is 0. The molecule has 8 heteroatoms. The zero-order valence-electron chi connectivity index (χ0n) is 31.3. The molecule has 6 unspecified atom stereocenters. The van der Waals surface area contributed by atoms with Crippen LogP contribution in [-0.4, -0.2) is 34.3 Å². The van der Waals surface area contributed by atoms with E-state index in [1.165, 1.54) is 11.0 Å². The molecule has 6 atom stereocenters. The number of carbonyl (C=O) groups is 5. The number of phenolic OH excluding ortho intramolecular Hbond substituents is 1. The number of rotatable bonds is 6. The number of Topliss-reactive ketones (excluding diaryl/α,β-unsaturated/α-hetero) is 1. The minimum atomic E-state index is -1.39. The summed E-state index contributed by atoms with van der Waals surface area (Å²) in [5.41, 5.74) is 3.92. The molecule has 10 rings (SSSR count). The molecule has 5 aromatic carbocycles. The Morgan fingerprint density at radius 1 is 0.741 bits per heavy atom. The maximum Gasteiger partial charge on any atom is 0.238 e. The number of carbonyl (C=O) groups excluding carboxylic acids is 5. The van der Waals surface area contributed by atoms with Gasteiger partial charge < -0.3 is 9.84 Å². The number of nitrogens with zero attached hydrogens (tertiary/aromatic N) is 1. The number of hydrogen-bond donors (Lipinski definition) is 1. The Labute approximate surface area is 334 Å². The van der Waals surface area contributed by atoms with Gasteiger partial charge in [-0.15, -0.1) is 0 Å². The normalized spacial score (nSPS) is 26.0. The number of ether oxygens (including phenoxy) is 1. The smallest absolute Gasteiger partial charge is 0.238 e. The van der Waals surface area contributed by atoms with Gasteiger partial charge in [-0.1, -0.05) is 103 Å².